The Labute approximate surface area is 296 Å². The van der Waals surface area contributed by atoms with E-state index in [1.54, 1.807) is 20.8 Å². The number of amides is 2. The monoisotopic (exact) mass is 737 g/mol. The number of Topliss-reactive ketones (excluding diaryl/α,β-unsaturated/α-hetero) is 1. The molecule has 0 bridgehead atoms. The maximum Gasteiger partial charge on any atom is 0.307 e. The van der Waals surface area contributed by atoms with Crippen LogP contribution in [0.25, 0.3) is 11.1 Å². The number of hydrogen-bond donors (Lipinski definition) is 2. The number of aliphatic hydroxyl groups is 1. The number of hydrogen-bond acceptors (Lipinski definition) is 10. The van der Waals surface area contributed by atoms with Gasteiger partial charge in [-0.05, 0) is 88.9 Å². The van der Waals surface area contributed by atoms with E-state index < -0.39 is 56.2 Å². The SMILES string of the molecule is CC(C)(C)OC(=O)C[C@H]1CCCCC/C=C\[C@@H]2C[C@@]2(C(=O)NS(=O)(=O)C2CC2)CC(=O)[C@@H]2C[C@@H](O)CN2C1=O.Fc1ccc2nc(Cl)oc2c1. The fourth-order valence-corrected chi connectivity index (χ4v) is 8.27. The second kappa shape index (κ2) is 15.1. The van der Waals surface area contributed by atoms with Crippen molar-refractivity contribution in [1.82, 2.24) is 14.6 Å². The Bertz CT molecular complexity index is 1750. The molecule has 0 radical (unpaired) electrons. The number of ether oxygens (including phenoxy) is 1. The van der Waals surface area contributed by atoms with Gasteiger partial charge in [-0.3, -0.25) is 23.9 Å². The standard InChI is InChI=1S/C28H42N2O8S.C7H3ClFNO/c1-27(2,3)38-24(33)13-18-9-7-5-4-6-8-10-19-15-28(19,26(35)29-39(36,37)21-11-12-21)16-23(32)22-14-20(31)17-30(22)25(18)34;8-7-10-5-2-1-4(9)3-6(5)11-7/h8,10,18-22,31H,4-7,9,11-17H2,1-3H3,(H,29,35);1-3H/b10-8-;/t18-,19-,20-,22+,28-;/m1./s1. The maximum absolute atomic E-state index is 13.7. The summed E-state index contributed by atoms with van der Waals surface area (Å²) in [4.78, 5) is 58.4. The van der Waals surface area contributed by atoms with Crippen LogP contribution in [0, 0.1) is 23.1 Å². The summed E-state index contributed by atoms with van der Waals surface area (Å²) in [6.07, 6.45) is 7.71. The van der Waals surface area contributed by atoms with E-state index in [1.165, 1.54) is 23.1 Å². The van der Waals surface area contributed by atoms with E-state index in [2.05, 4.69) is 9.71 Å². The van der Waals surface area contributed by atoms with E-state index in [0.717, 1.165) is 25.7 Å². The Morgan fingerprint density at radius 3 is 2.62 bits per heavy atom. The van der Waals surface area contributed by atoms with Gasteiger partial charge in [-0.25, -0.2) is 12.8 Å². The molecule has 274 valence electrons. The molecule has 1 aromatic heterocycles. The summed E-state index contributed by atoms with van der Waals surface area (Å²) in [5.41, 5.74) is -0.947. The van der Waals surface area contributed by atoms with E-state index in [0.29, 0.717) is 36.8 Å². The summed E-state index contributed by atoms with van der Waals surface area (Å²) >= 11 is 5.44. The Hall–Kier alpha value is -3.36. The molecule has 2 aliphatic carbocycles. The molecule has 3 heterocycles. The first kappa shape index (κ1) is 37.9. The van der Waals surface area contributed by atoms with Crippen LogP contribution in [0.2, 0.25) is 5.35 Å². The highest BCUT2D eigenvalue weighted by molar-refractivity contribution is 7.90. The van der Waals surface area contributed by atoms with E-state index in [1.807, 2.05) is 12.2 Å². The number of rotatable bonds is 5. The van der Waals surface area contributed by atoms with Crippen LogP contribution in [0.3, 0.4) is 0 Å². The molecule has 5 atom stereocenters. The Kier molecular flexibility index (Phi) is 11.4. The zero-order valence-corrected chi connectivity index (χ0v) is 30.1. The number of aromatic nitrogens is 1. The first-order valence-corrected chi connectivity index (χ1v) is 19.1. The molecule has 2 amide bonds. The van der Waals surface area contributed by atoms with Crippen LogP contribution in [0.5, 0.6) is 0 Å². The minimum atomic E-state index is -3.78. The zero-order chi connectivity index (χ0) is 36.4. The first-order chi connectivity index (χ1) is 23.5. The number of nitrogens with zero attached hydrogens (tertiary/aromatic N) is 2. The second-order valence-corrected chi connectivity index (χ2v) is 17.1. The van der Waals surface area contributed by atoms with Crippen LogP contribution in [-0.2, 0) is 33.9 Å². The van der Waals surface area contributed by atoms with Gasteiger partial charge < -0.3 is 19.2 Å². The minimum absolute atomic E-state index is 0.0291. The quantitative estimate of drug-likeness (QED) is 0.314. The van der Waals surface area contributed by atoms with Gasteiger partial charge in [0.05, 0.1) is 29.2 Å². The highest BCUT2D eigenvalue weighted by Gasteiger charge is 2.61. The molecule has 4 aliphatic rings. The summed E-state index contributed by atoms with van der Waals surface area (Å²) in [7, 11) is -3.78. The number of carbonyl (C=O) groups excluding carboxylic acids is 4. The van der Waals surface area contributed by atoms with Gasteiger partial charge in [-0.2, -0.15) is 4.98 Å². The number of ketones is 1. The lowest BCUT2D eigenvalue weighted by molar-refractivity contribution is -0.159. The van der Waals surface area contributed by atoms with E-state index in [9.17, 15) is 37.1 Å². The lowest BCUT2D eigenvalue weighted by Crippen LogP contribution is -2.46. The van der Waals surface area contributed by atoms with Crippen LogP contribution in [0.4, 0.5) is 4.39 Å². The number of aliphatic hydroxyl groups excluding tert-OH is 1. The summed E-state index contributed by atoms with van der Waals surface area (Å²) < 4.78 is 50.1. The third kappa shape index (κ3) is 9.49. The normalized spacial score (nSPS) is 28.3. The number of allylic oxidation sites excluding steroid dienone is 2. The van der Waals surface area contributed by atoms with Crippen molar-refractivity contribution in [3.05, 3.63) is 41.5 Å². The molecule has 1 saturated heterocycles. The van der Waals surface area contributed by atoms with Gasteiger partial charge in [0.2, 0.25) is 21.8 Å². The topological polar surface area (TPSA) is 173 Å². The van der Waals surface area contributed by atoms with Gasteiger partial charge in [0, 0.05) is 31.4 Å². The molecule has 2 saturated carbocycles. The van der Waals surface area contributed by atoms with Crippen LogP contribution >= 0.6 is 11.6 Å². The average Bonchev–Trinajstić information content (AvgIpc) is 3.91. The number of nitrogens with one attached hydrogen (secondary N) is 1. The van der Waals surface area contributed by atoms with Crippen molar-refractivity contribution < 1.29 is 46.2 Å². The van der Waals surface area contributed by atoms with Gasteiger partial charge >= 0.3 is 5.97 Å². The molecule has 0 unspecified atom stereocenters. The smallest absolute Gasteiger partial charge is 0.307 e. The van der Waals surface area contributed by atoms with Gasteiger partial charge in [0.25, 0.3) is 5.35 Å². The van der Waals surface area contributed by atoms with Crippen LogP contribution in [0.1, 0.15) is 91.4 Å². The van der Waals surface area contributed by atoms with Gasteiger partial charge in [0.1, 0.15) is 16.9 Å². The fraction of sp³-hybridized carbons (Fsp3) is 0.629. The fourth-order valence-electron chi connectivity index (χ4n) is 6.71. The van der Waals surface area contributed by atoms with Gasteiger partial charge in [0.15, 0.2) is 11.4 Å². The van der Waals surface area contributed by atoms with E-state index >= 15 is 0 Å². The number of esters is 1. The summed E-state index contributed by atoms with van der Waals surface area (Å²) in [5, 5.41) is 9.91. The molecule has 2 N–H and O–H groups in total. The predicted octanol–water partition coefficient (Wildman–Crippen LogP) is 5.01. The van der Waals surface area contributed by atoms with Gasteiger partial charge in [-0.15, -0.1) is 0 Å². The summed E-state index contributed by atoms with van der Waals surface area (Å²) in [5.74, 6) is -3.21. The number of sulfonamides is 1. The lowest BCUT2D eigenvalue weighted by Gasteiger charge is -2.29. The Morgan fingerprint density at radius 1 is 1.18 bits per heavy atom. The minimum Gasteiger partial charge on any atom is -0.460 e. The van der Waals surface area contributed by atoms with Crippen molar-refractivity contribution in [2.45, 2.75) is 114 Å². The summed E-state index contributed by atoms with van der Waals surface area (Å²) in [6.45, 7) is 5.25. The van der Waals surface area contributed by atoms with Crippen LogP contribution in [0.15, 0.2) is 34.8 Å². The maximum atomic E-state index is 13.7. The molecule has 2 aromatic rings. The summed E-state index contributed by atoms with van der Waals surface area (Å²) in [6, 6.07) is 3.13. The largest absolute Gasteiger partial charge is 0.460 e. The molecule has 3 fully saturated rings. The number of fused-ring (bicyclic) bond motifs is 3. The average molecular weight is 738 g/mol. The molecular formula is C35H45ClFN3O9S. The third-order valence-corrected chi connectivity index (χ3v) is 11.5. The van der Waals surface area contributed by atoms with Crippen molar-refractivity contribution in [2.75, 3.05) is 6.54 Å². The molecule has 1 aromatic carbocycles. The number of benzene rings is 1. The van der Waals surface area contributed by atoms with Crippen LogP contribution in [-0.4, -0.2) is 76.5 Å². The van der Waals surface area contributed by atoms with Crippen molar-refractivity contribution in [3.8, 4) is 0 Å². The molecular weight excluding hydrogens is 693 g/mol. The van der Waals surface area contributed by atoms with Crippen molar-refractivity contribution in [1.29, 1.82) is 0 Å². The lowest BCUT2D eigenvalue weighted by atomic mass is 9.90. The molecule has 12 nitrogen and oxygen atoms in total. The molecule has 6 rings (SSSR count). The molecule has 15 heteroatoms. The first-order valence-electron chi connectivity index (χ1n) is 17.1. The predicted molar refractivity (Wildman–Crippen MR) is 182 cm³/mol. The molecule has 0 spiro atoms. The second-order valence-electron chi connectivity index (χ2n) is 14.8. The number of carbonyl (C=O) groups is 4. The van der Waals surface area contributed by atoms with Crippen LogP contribution < -0.4 is 4.72 Å². The van der Waals surface area contributed by atoms with Crippen molar-refractivity contribution in [3.63, 3.8) is 0 Å². The number of oxazole rings is 1. The van der Waals surface area contributed by atoms with E-state index in [-0.39, 0.29) is 54.6 Å². The zero-order valence-electron chi connectivity index (χ0n) is 28.5. The third-order valence-electron chi connectivity index (χ3n) is 9.51. The van der Waals surface area contributed by atoms with E-state index in [4.69, 9.17) is 20.8 Å². The van der Waals surface area contributed by atoms with Crippen molar-refractivity contribution in [2.24, 2.45) is 17.3 Å². The molecule has 50 heavy (non-hydrogen) atoms. The highest BCUT2D eigenvalue weighted by atomic mass is 35.5. The highest BCUT2D eigenvalue weighted by Crippen LogP contribution is 2.57. The molecule has 2 aliphatic heterocycles. The Morgan fingerprint density at radius 2 is 1.92 bits per heavy atom. The Balaban J connectivity index is 0.000000371. The number of halogens is 2. The van der Waals surface area contributed by atoms with Gasteiger partial charge in [-0.1, -0.05) is 25.0 Å². The van der Waals surface area contributed by atoms with Crippen molar-refractivity contribution >= 4 is 56.3 Å².